The van der Waals surface area contributed by atoms with Crippen molar-refractivity contribution in [1.29, 1.82) is 0 Å². The minimum absolute atomic E-state index is 0.170. The Morgan fingerprint density at radius 2 is 2.12 bits per heavy atom. The molecule has 90 valence electrons. The average molecular weight is 270 g/mol. The van der Waals surface area contributed by atoms with E-state index in [2.05, 4.69) is 18.3 Å². The van der Waals surface area contributed by atoms with Crippen LogP contribution in [0.25, 0.3) is 10.4 Å². The molecule has 0 aliphatic heterocycles. The van der Waals surface area contributed by atoms with Gasteiger partial charge in [0.1, 0.15) is 5.82 Å². The van der Waals surface area contributed by atoms with Gasteiger partial charge in [-0.3, -0.25) is 0 Å². The molecule has 0 atom stereocenters. The summed E-state index contributed by atoms with van der Waals surface area (Å²) in [6.07, 6.45) is 0. The number of hydrogen-bond donors (Lipinski definition) is 1. The maximum absolute atomic E-state index is 13.0. The second kappa shape index (κ2) is 5.63. The quantitative estimate of drug-likeness (QED) is 0.872. The van der Waals surface area contributed by atoms with Crippen LogP contribution in [0.2, 0.25) is 5.02 Å². The monoisotopic (exact) mass is 269 g/mol. The first-order chi connectivity index (χ1) is 8.20. The molecule has 0 unspecified atom stereocenters. The van der Waals surface area contributed by atoms with Crippen LogP contribution < -0.4 is 5.32 Å². The fourth-order valence-electron chi connectivity index (χ4n) is 1.53. The van der Waals surface area contributed by atoms with Crippen molar-refractivity contribution >= 4 is 22.9 Å². The minimum atomic E-state index is -0.375. The first-order valence-electron chi connectivity index (χ1n) is 5.45. The van der Waals surface area contributed by atoms with E-state index >= 15 is 0 Å². The molecule has 0 bridgehead atoms. The van der Waals surface area contributed by atoms with Crippen LogP contribution in [0, 0.1) is 5.82 Å². The summed E-state index contributed by atoms with van der Waals surface area (Å²) in [5, 5.41) is 3.44. The van der Waals surface area contributed by atoms with E-state index in [-0.39, 0.29) is 10.8 Å². The highest BCUT2D eigenvalue weighted by Crippen LogP contribution is 2.30. The second-order valence-corrected chi connectivity index (χ2v) is 5.25. The summed E-state index contributed by atoms with van der Waals surface area (Å²) in [4.78, 5) is 2.38. The van der Waals surface area contributed by atoms with E-state index < -0.39 is 0 Å². The van der Waals surface area contributed by atoms with Gasteiger partial charge in [-0.1, -0.05) is 24.6 Å². The smallest absolute Gasteiger partial charge is 0.141 e. The summed E-state index contributed by atoms with van der Waals surface area (Å²) in [5.41, 5.74) is 0.962. The maximum Gasteiger partial charge on any atom is 0.141 e. The van der Waals surface area contributed by atoms with E-state index in [1.807, 2.05) is 6.07 Å². The molecule has 0 aliphatic carbocycles. The van der Waals surface area contributed by atoms with Crippen LogP contribution >= 0.6 is 22.9 Å². The normalized spacial score (nSPS) is 10.8. The molecule has 17 heavy (non-hydrogen) atoms. The lowest BCUT2D eigenvalue weighted by Crippen LogP contribution is -2.10. The summed E-state index contributed by atoms with van der Waals surface area (Å²) in [7, 11) is 0. The molecule has 0 spiro atoms. The molecule has 0 aliphatic rings. The van der Waals surface area contributed by atoms with Crippen LogP contribution in [0.1, 0.15) is 11.8 Å². The summed E-state index contributed by atoms with van der Waals surface area (Å²) in [5.74, 6) is -0.375. The highest BCUT2D eigenvalue weighted by Gasteiger charge is 2.05. The number of hydrogen-bond acceptors (Lipinski definition) is 2. The maximum atomic E-state index is 13.0. The third-order valence-electron chi connectivity index (χ3n) is 2.42. The van der Waals surface area contributed by atoms with Gasteiger partial charge in [-0.15, -0.1) is 11.3 Å². The Morgan fingerprint density at radius 1 is 1.29 bits per heavy atom. The topological polar surface area (TPSA) is 12.0 Å². The molecular formula is C13H13ClFNS. The summed E-state index contributed by atoms with van der Waals surface area (Å²) in [6, 6.07) is 8.95. The van der Waals surface area contributed by atoms with Gasteiger partial charge in [0.05, 0.1) is 5.02 Å². The lowest BCUT2D eigenvalue weighted by Gasteiger charge is -2.00. The standard InChI is InChI=1S/C13H13ClFNS/c1-2-16-8-10-4-6-13(17-10)9-3-5-12(15)11(14)7-9/h3-7,16H,2,8H2,1H3. The molecule has 1 nitrogen and oxygen atoms in total. The first kappa shape index (κ1) is 12.6. The molecule has 0 saturated heterocycles. The molecule has 1 heterocycles. The molecule has 0 fully saturated rings. The van der Waals surface area contributed by atoms with Crippen molar-refractivity contribution < 1.29 is 4.39 Å². The van der Waals surface area contributed by atoms with Gasteiger partial charge in [0.25, 0.3) is 0 Å². The van der Waals surface area contributed by atoms with Gasteiger partial charge < -0.3 is 5.32 Å². The minimum Gasteiger partial charge on any atom is -0.312 e. The van der Waals surface area contributed by atoms with Crippen molar-refractivity contribution in [3.63, 3.8) is 0 Å². The molecule has 0 saturated carbocycles. The van der Waals surface area contributed by atoms with Gasteiger partial charge in [0.2, 0.25) is 0 Å². The van der Waals surface area contributed by atoms with E-state index in [0.29, 0.717) is 0 Å². The highest BCUT2D eigenvalue weighted by molar-refractivity contribution is 7.15. The summed E-state index contributed by atoms with van der Waals surface area (Å²) < 4.78 is 13.0. The molecule has 1 aromatic heterocycles. The Kier molecular flexibility index (Phi) is 4.15. The predicted octanol–water partition coefficient (Wildman–Crippen LogP) is 4.32. The van der Waals surface area contributed by atoms with Crippen molar-refractivity contribution in [3.05, 3.63) is 46.0 Å². The summed E-state index contributed by atoms with van der Waals surface area (Å²) in [6.45, 7) is 3.90. The molecule has 1 N–H and O–H groups in total. The zero-order valence-corrected chi connectivity index (χ0v) is 11.0. The van der Waals surface area contributed by atoms with Gasteiger partial charge in [-0.2, -0.15) is 0 Å². The van der Waals surface area contributed by atoms with Gasteiger partial charge in [0, 0.05) is 16.3 Å². The number of nitrogens with one attached hydrogen (secondary N) is 1. The number of halogens is 2. The molecule has 2 aromatic rings. The Bertz CT molecular complexity index is 510. The fourth-order valence-corrected chi connectivity index (χ4v) is 2.68. The Morgan fingerprint density at radius 3 is 2.82 bits per heavy atom. The van der Waals surface area contributed by atoms with Crippen LogP contribution in [0.3, 0.4) is 0 Å². The SMILES string of the molecule is CCNCc1ccc(-c2ccc(F)c(Cl)c2)s1. The van der Waals surface area contributed by atoms with E-state index in [1.54, 1.807) is 23.5 Å². The lowest BCUT2D eigenvalue weighted by molar-refractivity contribution is 0.628. The van der Waals surface area contributed by atoms with Crippen molar-refractivity contribution in [3.8, 4) is 10.4 Å². The zero-order chi connectivity index (χ0) is 12.3. The fraction of sp³-hybridized carbons (Fsp3) is 0.231. The van der Waals surface area contributed by atoms with Crippen LogP contribution in [-0.4, -0.2) is 6.54 Å². The van der Waals surface area contributed by atoms with Crippen LogP contribution in [-0.2, 0) is 6.54 Å². The Labute approximate surface area is 109 Å². The molecule has 0 radical (unpaired) electrons. The van der Waals surface area contributed by atoms with Gasteiger partial charge in [0.15, 0.2) is 0 Å². The number of benzene rings is 1. The van der Waals surface area contributed by atoms with Gasteiger partial charge in [-0.05, 0) is 36.4 Å². The van der Waals surface area contributed by atoms with Crippen LogP contribution in [0.4, 0.5) is 4.39 Å². The second-order valence-electron chi connectivity index (χ2n) is 3.68. The van der Waals surface area contributed by atoms with Crippen LogP contribution in [0.15, 0.2) is 30.3 Å². The van der Waals surface area contributed by atoms with E-state index in [0.717, 1.165) is 23.5 Å². The number of rotatable bonds is 4. The highest BCUT2D eigenvalue weighted by atomic mass is 35.5. The van der Waals surface area contributed by atoms with E-state index in [4.69, 9.17) is 11.6 Å². The van der Waals surface area contributed by atoms with Gasteiger partial charge in [-0.25, -0.2) is 4.39 Å². The van der Waals surface area contributed by atoms with Crippen molar-refractivity contribution in [2.24, 2.45) is 0 Å². The van der Waals surface area contributed by atoms with E-state index in [1.165, 1.54) is 10.9 Å². The molecule has 4 heteroatoms. The average Bonchev–Trinajstić information content (AvgIpc) is 2.79. The first-order valence-corrected chi connectivity index (χ1v) is 6.65. The summed E-state index contributed by atoms with van der Waals surface area (Å²) >= 11 is 7.47. The zero-order valence-electron chi connectivity index (χ0n) is 9.47. The molecular weight excluding hydrogens is 257 g/mol. The predicted molar refractivity (Wildman–Crippen MR) is 72.1 cm³/mol. The third kappa shape index (κ3) is 3.06. The lowest BCUT2D eigenvalue weighted by atomic mass is 10.2. The third-order valence-corrected chi connectivity index (χ3v) is 3.84. The molecule has 0 amide bonds. The Hall–Kier alpha value is -0.900. The Balaban J connectivity index is 2.21. The number of thiophene rings is 1. The van der Waals surface area contributed by atoms with Gasteiger partial charge >= 0.3 is 0 Å². The van der Waals surface area contributed by atoms with Crippen molar-refractivity contribution in [2.45, 2.75) is 13.5 Å². The van der Waals surface area contributed by atoms with E-state index in [9.17, 15) is 4.39 Å². The van der Waals surface area contributed by atoms with Crippen LogP contribution in [0.5, 0.6) is 0 Å². The van der Waals surface area contributed by atoms with Crippen molar-refractivity contribution in [1.82, 2.24) is 5.32 Å². The van der Waals surface area contributed by atoms with Crippen molar-refractivity contribution in [2.75, 3.05) is 6.54 Å². The molecule has 2 rings (SSSR count). The largest absolute Gasteiger partial charge is 0.312 e. The molecule has 1 aromatic carbocycles.